The van der Waals surface area contributed by atoms with Gasteiger partial charge >= 0.3 is 0 Å². The largest absolute Gasteiger partial charge is 0.310 e. The lowest BCUT2D eigenvalue weighted by Gasteiger charge is -2.18. The lowest BCUT2D eigenvalue weighted by atomic mass is 10.0. The summed E-state index contributed by atoms with van der Waals surface area (Å²) in [7, 11) is 0. The highest BCUT2D eigenvalue weighted by Crippen LogP contribution is 2.25. The molecular weight excluding hydrogens is 194 g/mol. The molecule has 0 radical (unpaired) electrons. The van der Waals surface area contributed by atoms with Gasteiger partial charge in [0.1, 0.15) is 0 Å². The van der Waals surface area contributed by atoms with Crippen LogP contribution >= 0.6 is 0 Å². The monoisotopic (exact) mass is 217 g/mol. The van der Waals surface area contributed by atoms with E-state index in [0.717, 1.165) is 18.5 Å². The van der Waals surface area contributed by atoms with E-state index < -0.39 is 0 Å². The Bertz CT molecular complexity index is 356. The summed E-state index contributed by atoms with van der Waals surface area (Å²) in [6.45, 7) is 7.77. The van der Waals surface area contributed by atoms with Crippen molar-refractivity contribution in [2.45, 2.75) is 52.6 Å². The topological polar surface area (TPSA) is 12.0 Å². The Morgan fingerprint density at radius 3 is 2.75 bits per heavy atom. The first-order valence-corrected chi connectivity index (χ1v) is 6.46. The van der Waals surface area contributed by atoms with Crippen molar-refractivity contribution in [2.75, 3.05) is 0 Å². The number of hydrogen-bond donors (Lipinski definition) is 1. The molecule has 1 fully saturated rings. The molecule has 0 spiro atoms. The van der Waals surface area contributed by atoms with E-state index in [1.807, 2.05) is 0 Å². The van der Waals surface area contributed by atoms with Crippen LogP contribution in [0.4, 0.5) is 0 Å². The Balaban J connectivity index is 1.96. The predicted molar refractivity (Wildman–Crippen MR) is 69.6 cm³/mol. The summed E-state index contributed by atoms with van der Waals surface area (Å²) in [5.41, 5.74) is 4.23. The molecule has 1 aromatic rings. The normalized spacial score (nSPS) is 24.9. The third-order valence-electron chi connectivity index (χ3n) is 3.92. The van der Waals surface area contributed by atoms with E-state index >= 15 is 0 Å². The van der Waals surface area contributed by atoms with Gasteiger partial charge in [-0.1, -0.05) is 37.1 Å². The fourth-order valence-corrected chi connectivity index (χ4v) is 2.68. The second kappa shape index (κ2) is 5.01. The SMILES string of the molecule is Cc1ccc(C)c(CNC2CCCC2C)c1. The molecule has 1 N–H and O–H groups in total. The molecule has 0 aromatic heterocycles. The Morgan fingerprint density at radius 2 is 2.06 bits per heavy atom. The zero-order valence-electron chi connectivity index (χ0n) is 10.7. The molecule has 1 saturated carbocycles. The Morgan fingerprint density at radius 1 is 1.25 bits per heavy atom. The molecule has 0 heterocycles. The smallest absolute Gasteiger partial charge is 0.0210 e. The third kappa shape index (κ3) is 2.65. The van der Waals surface area contributed by atoms with Gasteiger partial charge in [-0.15, -0.1) is 0 Å². The van der Waals surface area contributed by atoms with E-state index in [0.29, 0.717) is 0 Å². The molecule has 1 aromatic carbocycles. The summed E-state index contributed by atoms with van der Waals surface area (Å²) in [4.78, 5) is 0. The molecule has 2 rings (SSSR count). The average Bonchev–Trinajstić information content (AvgIpc) is 2.66. The lowest BCUT2D eigenvalue weighted by Crippen LogP contribution is -2.30. The van der Waals surface area contributed by atoms with E-state index in [1.54, 1.807) is 0 Å². The Hall–Kier alpha value is -0.820. The molecule has 1 aliphatic rings. The quantitative estimate of drug-likeness (QED) is 0.816. The van der Waals surface area contributed by atoms with Crippen LogP contribution in [0.2, 0.25) is 0 Å². The fourth-order valence-electron chi connectivity index (χ4n) is 2.68. The second-order valence-corrected chi connectivity index (χ2v) is 5.33. The van der Waals surface area contributed by atoms with Crippen LogP contribution in [-0.4, -0.2) is 6.04 Å². The molecule has 0 saturated heterocycles. The maximum absolute atomic E-state index is 3.72. The Kier molecular flexibility index (Phi) is 3.65. The minimum absolute atomic E-state index is 0.736. The highest BCUT2D eigenvalue weighted by atomic mass is 14.9. The summed E-state index contributed by atoms with van der Waals surface area (Å²) in [5, 5.41) is 3.72. The standard InChI is InChI=1S/C15H23N/c1-11-7-8-12(2)14(9-11)10-16-15-6-4-5-13(15)3/h7-9,13,15-16H,4-6,10H2,1-3H3. The van der Waals surface area contributed by atoms with E-state index in [4.69, 9.17) is 0 Å². The summed E-state index contributed by atoms with van der Waals surface area (Å²) in [6.07, 6.45) is 4.14. The minimum Gasteiger partial charge on any atom is -0.310 e. The van der Waals surface area contributed by atoms with Gasteiger partial charge in [-0.3, -0.25) is 0 Å². The van der Waals surface area contributed by atoms with Gasteiger partial charge in [0.2, 0.25) is 0 Å². The van der Waals surface area contributed by atoms with Crippen molar-refractivity contribution in [2.24, 2.45) is 5.92 Å². The van der Waals surface area contributed by atoms with Crippen LogP contribution in [0.1, 0.15) is 42.9 Å². The van der Waals surface area contributed by atoms with Crippen LogP contribution in [0.5, 0.6) is 0 Å². The first-order valence-electron chi connectivity index (χ1n) is 6.46. The van der Waals surface area contributed by atoms with Crippen molar-refractivity contribution >= 4 is 0 Å². The van der Waals surface area contributed by atoms with E-state index in [9.17, 15) is 0 Å². The van der Waals surface area contributed by atoms with Crippen LogP contribution in [0.25, 0.3) is 0 Å². The van der Waals surface area contributed by atoms with Crippen molar-refractivity contribution in [1.29, 1.82) is 0 Å². The third-order valence-corrected chi connectivity index (χ3v) is 3.92. The average molecular weight is 217 g/mol. The van der Waals surface area contributed by atoms with Gasteiger partial charge in [-0.05, 0) is 43.7 Å². The molecule has 0 aliphatic heterocycles. The summed E-state index contributed by atoms with van der Waals surface area (Å²) < 4.78 is 0. The maximum Gasteiger partial charge on any atom is 0.0210 e. The molecule has 1 aliphatic carbocycles. The zero-order chi connectivity index (χ0) is 11.5. The van der Waals surface area contributed by atoms with Crippen LogP contribution in [0.3, 0.4) is 0 Å². The van der Waals surface area contributed by atoms with Crippen LogP contribution < -0.4 is 5.32 Å². The number of aryl methyl sites for hydroxylation is 2. The summed E-state index contributed by atoms with van der Waals surface area (Å²) in [6, 6.07) is 7.46. The Labute approximate surface area is 99.3 Å². The van der Waals surface area contributed by atoms with Crippen molar-refractivity contribution in [3.63, 3.8) is 0 Å². The second-order valence-electron chi connectivity index (χ2n) is 5.33. The van der Waals surface area contributed by atoms with Gasteiger partial charge in [0, 0.05) is 12.6 Å². The summed E-state index contributed by atoms with van der Waals surface area (Å²) >= 11 is 0. The number of hydrogen-bond acceptors (Lipinski definition) is 1. The predicted octanol–water partition coefficient (Wildman–Crippen LogP) is 3.58. The summed E-state index contributed by atoms with van der Waals surface area (Å²) in [5.74, 6) is 0.852. The highest BCUT2D eigenvalue weighted by Gasteiger charge is 2.22. The fraction of sp³-hybridized carbons (Fsp3) is 0.600. The van der Waals surface area contributed by atoms with E-state index in [2.05, 4.69) is 44.3 Å². The number of nitrogens with one attached hydrogen (secondary N) is 1. The van der Waals surface area contributed by atoms with E-state index in [-0.39, 0.29) is 0 Å². The molecule has 0 bridgehead atoms. The molecule has 1 nitrogen and oxygen atoms in total. The van der Waals surface area contributed by atoms with Crippen molar-refractivity contribution < 1.29 is 0 Å². The molecular formula is C15H23N. The molecule has 16 heavy (non-hydrogen) atoms. The molecule has 2 unspecified atom stereocenters. The minimum atomic E-state index is 0.736. The lowest BCUT2D eigenvalue weighted by molar-refractivity contribution is 0.425. The van der Waals surface area contributed by atoms with Gasteiger partial charge in [0.15, 0.2) is 0 Å². The van der Waals surface area contributed by atoms with Gasteiger partial charge in [-0.2, -0.15) is 0 Å². The molecule has 88 valence electrons. The maximum atomic E-state index is 3.72. The number of rotatable bonds is 3. The van der Waals surface area contributed by atoms with Crippen LogP contribution in [0.15, 0.2) is 18.2 Å². The first kappa shape index (κ1) is 11.7. The van der Waals surface area contributed by atoms with Crippen molar-refractivity contribution in [3.8, 4) is 0 Å². The first-order chi connectivity index (χ1) is 7.66. The van der Waals surface area contributed by atoms with Crippen molar-refractivity contribution in [3.05, 3.63) is 34.9 Å². The van der Waals surface area contributed by atoms with Gasteiger partial charge < -0.3 is 5.32 Å². The zero-order valence-corrected chi connectivity index (χ0v) is 10.7. The van der Waals surface area contributed by atoms with Crippen molar-refractivity contribution in [1.82, 2.24) is 5.32 Å². The van der Waals surface area contributed by atoms with Gasteiger partial charge in [-0.25, -0.2) is 0 Å². The molecule has 1 heteroatoms. The molecule has 2 atom stereocenters. The van der Waals surface area contributed by atoms with Gasteiger partial charge in [0.25, 0.3) is 0 Å². The highest BCUT2D eigenvalue weighted by molar-refractivity contribution is 5.30. The van der Waals surface area contributed by atoms with E-state index in [1.165, 1.54) is 36.0 Å². The van der Waals surface area contributed by atoms with Crippen LogP contribution in [-0.2, 0) is 6.54 Å². The molecule has 0 amide bonds. The van der Waals surface area contributed by atoms with Gasteiger partial charge in [0.05, 0.1) is 0 Å². The van der Waals surface area contributed by atoms with Crippen LogP contribution in [0, 0.1) is 19.8 Å². The number of benzene rings is 1.